The van der Waals surface area contributed by atoms with Crippen molar-refractivity contribution in [3.8, 4) is 0 Å². The Kier molecular flexibility index (Phi) is 26.4. The summed E-state index contributed by atoms with van der Waals surface area (Å²) < 4.78 is 0. The van der Waals surface area contributed by atoms with E-state index < -0.39 is 15.8 Å². The maximum atomic E-state index is 4.49. The van der Waals surface area contributed by atoms with Crippen LogP contribution in [0.15, 0.2) is 182 Å². The van der Waals surface area contributed by atoms with Crippen LogP contribution < -0.4 is 31.8 Å². The number of benzene rings is 6. The molecule has 0 N–H and O–H groups in total. The number of rotatable bonds is 14. The molecule has 0 saturated carbocycles. The first-order chi connectivity index (χ1) is 29.5. The fourth-order valence-electron chi connectivity index (χ4n) is 6.39. The Morgan fingerprint density at radius 3 is 0.683 bits per heavy atom. The molecule has 0 radical (unpaired) electrons. The smallest absolute Gasteiger partial charge is 0.673 e. The van der Waals surface area contributed by atoms with E-state index >= 15 is 0 Å². The van der Waals surface area contributed by atoms with Gasteiger partial charge in [-0.05, 0) is 101 Å². The Bertz CT molecular complexity index is 1660. The van der Waals surface area contributed by atoms with Crippen LogP contribution >= 0.6 is 15.8 Å². The molecular weight excluding hydrogens is 896 g/mol. The zero-order valence-electron chi connectivity index (χ0n) is 39.9. The van der Waals surface area contributed by atoms with Gasteiger partial charge in [0.05, 0.1) is 15.8 Å². The van der Waals surface area contributed by atoms with Gasteiger partial charge in [0.2, 0.25) is 0 Å². The maximum absolute atomic E-state index is 4.49. The molecule has 0 aliphatic rings. The van der Waals surface area contributed by atoms with Crippen LogP contribution in [-0.4, -0.2) is 74.7 Å². The molecule has 0 aromatic heterocycles. The molecule has 0 heterocycles. The Morgan fingerprint density at radius 2 is 0.540 bits per heavy atom. The normalized spacial score (nSPS) is 12.2. The topological polar surface area (TPSA) is 62.9 Å². The SMILES string of the molecule is CC([N-]CN(C)C)[N-]C(C)(C)C.CC([N-]CN(C)C)[N-]C(C)(C)C.[Ru+2].c1ccc([PH+](c2ccccc2)c2ccccc2)cc1.c1ccc([PH+](c2ccccc2)c2ccccc2)cc1. The van der Waals surface area contributed by atoms with Crippen molar-refractivity contribution in [1.82, 2.24) is 9.80 Å². The molecule has 6 aromatic carbocycles. The van der Waals surface area contributed by atoms with Gasteiger partial charge in [-0.1, -0.05) is 164 Å². The van der Waals surface area contributed by atoms with E-state index in [0.29, 0.717) is 0 Å². The third-order valence-corrected chi connectivity index (χ3v) is 14.2. The molecule has 0 aliphatic heterocycles. The summed E-state index contributed by atoms with van der Waals surface area (Å²) in [4.78, 5) is 4.07. The molecule has 63 heavy (non-hydrogen) atoms. The van der Waals surface area contributed by atoms with Gasteiger partial charge in [0.15, 0.2) is 0 Å². The molecule has 338 valence electrons. The summed E-state index contributed by atoms with van der Waals surface area (Å²) in [6, 6.07) is 65.0. The second-order valence-electron chi connectivity index (χ2n) is 17.6. The molecule has 2 unspecified atom stereocenters. The van der Waals surface area contributed by atoms with Crippen LogP contribution in [-0.2, 0) is 19.5 Å². The first-order valence-corrected chi connectivity index (χ1v) is 24.7. The van der Waals surface area contributed by atoms with E-state index in [0.717, 1.165) is 13.3 Å². The Morgan fingerprint density at radius 1 is 0.365 bits per heavy atom. The summed E-state index contributed by atoms with van der Waals surface area (Å²) in [5.74, 6) is 0. The fourth-order valence-corrected chi connectivity index (χ4v) is 11.5. The quantitative estimate of drug-likeness (QED) is 0.0806. The third-order valence-electron chi connectivity index (χ3n) is 8.78. The van der Waals surface area contributed by atoms with E-state index in [2.05, 4.69) is 245 Å². The Hall–Kier alpha value is -3.44. The molecule has 2 atom stereocenters. The van der Waals surface area contributed by atoms with Crippen molar-refractivity contribution < 1.29 is 19.5 Å². The number of nitrogens with zero attached hydrogens (tertiary/aromatic N) is 6. The average Bonchev–Trinajstić information content (AvgIpc) is 3.24. The van der Waals surface area contributed by atoms with Crippen LogP contribution in [0.2, 0.25) is 0 Å². The molecule has 0 fully saturated rings. The van der Waals surface area contributed by atoms with Gasteiger partial charge >= 0.3 is 19.5 Å². The van der Waals surface area contributed by atoms with Crippen molar-refractivity contribution in [2.75, 3.05) is 41.5 Å². The monoisotopic (exact) mass is 970 g/mol. The molecule has 9 heteroatoms. The van der Waals surface area contributed by atoms with Gasteiger partial charge in [-0.3, -0.25) is 0 Å². The predicted molar refractivity (Wildman–Crippen MR) is 282 cm³/mol. The maximum Gasteiger partial charge on any atom is 2.00 e. The van der Waals surface area contributed by atoms with Gasteiger partial charge in [-0.25, -0.2) is 12.3 Å². The van der Waals surface area contributed by atoms with E-state index in [1.54, 1.807) is 0 Å². The first-order valence-electron chi connectivity index (χ1n) is 21.7. The Labute approximate surface area is 398 Å². The van der Waals surface area contributed by atoms with Crippen LogP contribution in [0.25, 0.3) is 21.3 Å². The summed E-state index contributed by atoms with van der Waals surface area (Å²) in [6.45, 7) is 18.1. The number of hydrogen-bond acceptors (Lipinski definition) is 2. The minimum Gasteiger partial charge on any atom is -0.673 e. The Balaban J connectivity index is 0.000000296. The molecule has 6 rings (SSSR count). The second kappa shape index (κ2) is 29.9. The van der Waals surface area contributed by atoms with Crippen LogP contribution in [0.1, 0.15) is 55.4 Å². The predicted octanol–water partition coefficient (Wildman–Crippen LogP) is 11.1. The van der Waals surface area contributed by atoms with Gasteiger partial charge in [-0.2, -0.15) is 0 Å². The molecule has 0 aliphatic carbocycles. The molecule has 6 aromatic rings. The fraction of sp³-hybridized carbons (Fsp3) is 0.333. The standard InChI is InChI=1S/2C18H15P.2C9H21N3.Ru/c2*1-4-10-16(11-5-1)19(17-12-6-2-7-13-17)18-14-8-3-9-15-18;2*1-8(10-7-12(5)6)11-9(2,3)4;/h2*1-15H;2*8H,7H2,1-6H3;/q;;2*-2;+2/p+2. The van der Waals surface area contributed by atoms with Crippen molar-refractivity contribution in [3.63, 3.8) is 0 Å². The third kappa shape index (κ3) is 23.9. The van der Waals surface area contributed by atoms with Crippen LogP contribution in [0.5, 0.6) is 0 Å². The largest absolute Gasteiger partial charge is 2.00 e. The van der Waals surface area contributed by atoms with Gasteiger partial charge in [-0.15, -0.1) is 24.9 Å². The summed E-state index contributed by atoms with van der Waals surface area (Å²) in [5, 5.41) is 26.3. The molecular formula is C54H74N6P2Ru. The first kappa shape index (κ1) is 55.7. The minimum absolute atomic E-state index is 0. The van der Waals surface area contributed by atoms with Crippen molar-refractivity contribution in [2.45, 2.75) is 78.8 Å². The van der Waals surface area contributed by atoms with Crippen LogP contribution in [0.4, 0.5) is 0 Å². The van der Waals surface area contributed by atoms with Crippen molar-refractivity contribution in [3.05, 3.63) is 203 Å². The molecule has 0 amide bonds. The van der Waals surface area contributed by atoms with Crippen molar-refractivity contribution in [1.29, 1.82) is 0 Å². The average molecular weight is 970 g/mol. The number of hydrogen-bond donors (Lipinski definition) is 0. The van der Waals surface area contributed by atoms with Crippen molar-refractivity contribution >= 4 is 47.7 Å². The summed E-state index contributed by atoms with van der Waals surface area (Å²) in [5.41, 5.74) is 0.0461. The van der Waals surface area contributed by atoms with Gasteiger partial charge in [0.1, 0.15) is 31.8 Å². The van der Waals surface area contributed by atoms with E-state index in [1.807, 2.05) is 51.8 Å². The zero-order valence-corrected chi connectivity index (χ0v) is 43.7. The minimum atomic E-state index is -0.877. The van der Waals surface area contributed by atoms with Crippen LogP contribution in [0, 0.1) is 0 Å². The second-order valence-corrected chi connectivity index (χ2v) is 22.6. The summed E-state index contributed by atoms with van der Waals surface area (Å²) in [6.07, 6.45) is 0.208. The molecule has 0 spiro atoms. The molecule has 0 saturated heterocycles. The van der Waals surface area contributed by atoms with Gasteiger partial charge in [0.25, 0.3) is 0 Å². The zero-order chi connectivity index (χ0) is 45.4. The van der Waals surface area contributed by atoms with Gasteiger partial charge in [0, 0.05) is 0 Å². The van der Waals surface area contributed by atoms with E-state index in [-0.39, 0.29) is 42.9 Å². The van der Waals surface area contributed by atoms with E-state index in [9.17, 15) is 0 Å². The summed E-state index contributed by atoms with van der Waals surface area (Å²) in [7, 11) is 6.27. The van der Waals surface area contributed by atoms with Crippen LogP contribution in [0.3, 0.4) is 0 Å². The molecule has 0 bridgehead atoms. The molecule has 6 nitrogen and oxygen atoms in total. The summed E-state index contributed by atoms with van der Waals surface area (Å²) >= 11 is 0. The van der Waals surface area contributed by atoms with E-state index in [1.165, 1.54) is 31.8 Å². The van der Waals surface area contributed by atoms with Crippen molar-refractivity contribution in [2.24, 2.45) is 0 Å². The van der Waals surface area contributed by atoms with E-state index in [4.69, 9.17) is 0 Å². The van der Waals surface area contributed by atoms with Gasteiger partial charge < -0.3 is 31.1 Å².